The molecule has 0 radical (unpaired) electrons. The Morgan fingerprint density at radius 3 is 1.16 bits per heavy atom. The van der Waals surface area contributed by atoms with Gasteiger partial charge in [-0.25, -0.2) is 38.7 Å². The largest absolute Gasteiger partial charge is 0.386 e. The molecule has 0 atom stereocenters. The van der Waals surface area contributed by atoms with E-state index in [1.165, 1.54) is 72.8 Å². The first kappa shape index (κ1) is 25.5. The lowest BCUT2D eigenvalue weighted by Crippen LogP contribution is -2.13. The van der Waals surface area contributed by atoms with E-state index in [0.717, 1.165) is 0 Å². The molecule has 0 saturated heterocycles. The van der Waals surface area contributed by atoms with Crippen molar-refractivity contribution >= 4 is 29.7 Å². The van der Waals surface area contributed by atoms with Gasteiger partial charge >= 0.3 is 23.9 Å². The fourth-order valence-corrected chi connectivity index (χ4v) is 3.20. The number of benzene rings is 4. The molecule has 0 aliphatic rings. The van der Waals surface area contributed by atoms with Crippen LogP contribution in [0.3, 0.4) is 0 Å². The van der Waals surface area contributed by atoms with Crippen molar-refractivity contribution in [3.8, 4) is 0 Å². The predicted octanol–water partition coefficient (Wildman–Crippen LogP) is 4.78. The van der Waals surface area contributed by atoms with Crippen LogP contribution < -0.4 is 0 Å². The van der Waals surface area contributed by atoms with Gasteiger partial charge in [-0.1, -0.05) is 60.7 Å². The molecule has 0 aliphatic heterocycles. The molecule has 0 saturated carbocycles. The molecule has 4 aromatic carbocycles. The lowest BCUT2D eigenvalue weighted by molar-refractivity contribution is -0.187. The van der Waals surface area contributed by atoms with Crippen molar-refractivity contribution in [1.29, 1.82) is 0 Å². The van der Waals surface area contributed by atoms with E-state index >= 15 is 0 Å². The number of hydrogen-bond acceptors (Lipinski definition) is 9. The van der Waals surface area contributed by atoms with Crippen LogP contribution in [0.5, 0.6) is 0 Å². The van der Waals surface area contributed by atoms with Gasteiger partial charge in [0.2, 0.25) is 0 Å². The number of hydrogen-bond donors (Lipinski definition) is 0. The van der Waals surface area contributed by atoms with E-state index in [2.05, 4.69) is 19.6 Å². The zero-order valence-corrected chi connectivity index (χ0v) is 19.6. The second-order valence-corrected chi connectivity index (χ2v) is 7.70. The molecular formula is C29H18O9. The number of carbonyl (C=O) groups is 5. The summed E-state index contributed by atoms with van der Waals surface area (Å²) < 4.78 is 0. The summed E-state index contributed by atoms with van der Waals surface area (Å²) in [6.07, 6.45) is 0. The van der Waals surface area contributed by atoms with Crippen LogP contribution in [0.4, 0.5) is 0 Å². The average molecular weight is 510 g/mol. The first-order valence-corrected chi connectivity index (χ1v) is 11.1. The predicted molar refractivity (Wildman–Crippen MR) is 131 cm³/mol. The molecule has 0 bridgehead atoms. The van der Waals surface area contributed by atoms with Gasteiger partial charge < -0.3 is 0 Å². The maximum absolute atomic E-state index is 12.9. The third-order valence-electron chi connectivity index (χ3n) is 5.15. The summed E-state index contributed by atoms with van der Waals surface area (Å²) in [7, 11) is 0. The van der Waals surface area contributed by atoms with Gasteiger partial charge in [0.05, 0.1) is 22.3 Å². The lowest BCUT2D eigenvalue weighted by atomic mass is 10.0. The summed E-state index contributed by atoms with van der Waals surface area (Å²) in [5.41, 5.74) is 0.801. The fourth-order valence-electron chi connectivity index (χ4n) is 3.20. The molecule has 9 nitrogen and oxygen atoms in total. The Labute approximate surface area is 216 Å². The molecular weight excluding hydrogens is 492 g/mol. The van der Waals surface area contributed by atoms with Gasteiger partial charge in [0, 0.05) is 11.1 Å². The van der Waals surface area contributed by atoms with Gasteiger partial charge in [0.15, 0.2) is 5.78 Å². The monoisotopic (exact) mass is 510 g/mol. The minimum atomic E-state index is -0.966. The zero-order chi connectivity index (χ0) is 26.9. The summed E-state index contributed by atoms with van der Waals surface area (Å²) in [6.45, 7) is 0. The number of ketones is 1. The summed E-state index contributed by atoms with van der Waals surface area (Å²) in [6, 6.07) is 27.0. The van der Waals surface area contributed by atoms with Crippen molar-refractivity contribution in [2.24, 2.45) is 0 Å². The maximum atomic E-state index is 12.9. The Hall–Kier alpha value is -5.57. The van der Waals surface area contributed by atoms with Gasteiger partial charge in [-0.3, -0.25) is 4.79 Å². The van der Waals surface area contributed by atoms with E-state index in [-0.39, 0.29) is 33.4 Å². The standard InChI is InChI=1S/C29H18O9/c30-25(19-14-16-22(17-15-19)28(33)37-35-26(31)20-8-3-1-4-9-20)23-12-7-13-24(18-23)29(34)38-36-27(32)21-10-5-2-6-11-21/h1-18H. The van der Waals surface area contributed by atoms with Crippen LogP contribution in [0, 0.1) is 0 Å². The first-order chi connectivity index (χ1) is 18.4. The Morgan fingerprint density at radius 2 is 0.684 bits per heavy atom. The van der Waals surface area contributed by atoms with Crippen LogP contribution in [0.2, 0.25) is 0 Å². The molecule has 9 heteroatoms. The maximum Gasteiger partial charge on any atom is 0.386 e. The summed E-state index contributed by atoms with van der Waals surface area (Å²) in [5.74, 6) is -4.02. The van der Waals surface area contributed by atoms with Gasteiger partial charge in [0.1, 0.15) is 0 Å². The second kappa shape index (κ2) is 11.9. The highest BCUT2D eigenvalue weighted by molar-refractivity contribution is 6.10. The summed E-state index contributed by atoms with van der Waals surface area (Å²) in [4.78, 5) is 79.6. The molecule has 38 heavy (non-hydrogen) atoms. The smallest absolute Gasteiger partial charge is 0.289 e. The zero-order valence-electron chi connectivity index (χ0n) is 19.6. The van der Waals surface area contributed by atoms with Crippen molar-refractivity contribution in [3.05, 3.63) is 143 Å². The minimum absolute atomic E-state index is 0.0165. The van der Waals surface area contributed by atoms with Crippen molar-refractivity contribution in [3.63, 3.8) is 0 Å². The highest BCUT2D eigenvalue weighted by Crippen LogP contribution is 2.15. The van der Waals surface area contributed by atoms with Crippen molar-refractivity contribution in [1.82, 2.24) is 0 Å². The first-order valence-electron chi connectivity index (χ1n) is 11.1. The minimum Gasteiger partial charge on any atom is -0.289 e. The second-order valence-electron chi connectivity index (χ2n) is 7.70. The molecule has 4 rings (SSSR count). The molecule has 0 aromatic heterocycles. The van der Waals surface area contributed by atoms with Gasteiger partial charge in [-0.2, -0.15) is 0 Å². The van der Waals surface area contributed by atoms with E-state index in [1.54, 1.807) is 36.4 Å². The normalized spacial score (nSPS) is 10.1. The van der Waals surface area contributed by atoms with Crippen molar-refractivity contribution in [2.75, 3.05) is 0 Å². The summed E-state index contributed by atoms with van der Waals surface area (Å²) >= 11 is 0. The highest BCUT2D eigenvalue weighted by atomic mass is 17.2. The third-order valence-corrected chi connectivity index (χ3v) is 5.15. The number of rotatable bonds is 6. The van der Waals surface area contributed by atoms with Crippen LogP contribution >= 0.6 is 0 Å². The van der Waals surface area contributed by atoms with Crippen molar-refractivity contribution in [2.45, 2.75) is 0 Å². The van der Waals surface area contributed by atoms with Crippen LogP contribution in [0.1, 0.15) is 57.4 Å². The molecule has 188 valence electrons. The Balaban J connectivity index is 1.35. The van der Waals surface area contributed by atoms with Gasteiger partial charge in [-0.05, 0) is 48.5 Å². The van der Waals surface area contributed by atoms with Gasteiger partial charge in [-0.15, -0.1) is 0 Å². The third kappa shape index (κ3) is 6.35. The topological polar surface area (TPSA) is 122 Å². The van der Waals surface area contributed by atoms with E-state index < -0.39 is 29.7 Å². The average Bonchev–Trinajstić information content (AvgIpc) is 2.99. The summed E-state index contributed by atoms with van der Waals surface area (Å²) in [5, 5.41) is 0. The highest BCUT2D eigenvalue weighted by Gasteiger charge is 2.18. The fraction of sp³-hybridized carbons (Fsp3) is 0. The molecule has 0 heterocycles. The molecule has 4 aromatic rings. The van der Waals surface area contributed by atoms with Crippen LogP contribution in [0.15, 0.2) is 109 Å². The molecule has 0 fully saturated rings. The Morgan fingerprint density at radius 1 is 0.342 bits per heavy atom. The molecule has 0 aliphatic carbocycles. The molecule has 0 N–H and O–H groups in total. The quantitative estimate of drug-likeness (QED) is 0.205. The van der Waals surface area contributed by atoms with E-state index in [1.807, 2.05) is 0 Å². The molecule has 0 unspecified atom stereocenters. The van der Waals surface area contributed by atoms with Crippen LogP contribution in [-0.4, -0.2) is 29.7 Å². The van der Waals surface area contributed by atoms with E-state index in [0.29, 0.717) is 0 Å². The lowest BCUT2D eigenvalue weighted by Gasteiger charge is -2.06. The van der Waals surface area contributed by atoms with Gasteiger partial charge in [0.25, 0.3) is 0 Å². The van der Waals surface area contributed by atoms with Crippen molar-refractivity contribution < 1.29 is 43.5 Å². The number of carbonyl (C=O) groups excluding carboxylic acids is 5. The van der Waals surface area contributed by atoms with Crippen LogP contribution in [0.25, 0.3) is 0 Å². The SMILES string of the molecule is O=C(OOC(=O)c1ccc(C(=O)c2cccc(C(=O)OOC(=O)c3ccccc3)c2)cc1)c1ccccc1. The Bertz CT molecular complexity index is 1480. The molecule has 0 spiro atoms. The van der Waals surface area contributed by atoms with E-state index in [4.69, 9.17) is 0 Å². The Kier molecular flexibility index (Phi) is 8.00. The van der Waals surface area contributed by atoms with E-state index in [9.17, 15) is 24.0 Å². The molecule has 0 amide bonds. The van der Waals surface area contributed by atoms with Crippen LogP contribution in [-0.2, 0) is 19.6 Å².